The standard InChI is InChI=1S/C64H41NS/c1-3-17-44(18-4-1)63-57-25-10-9-23-53(57)55-38-33-46(40-59(55)64(63)45-19-5-2-6-20-45)51-22-11-13-28-60(51)65(48-36-39-62-58(41-48)56-24-12-14-29-61(56)66-62)47-34-30-43(31-35-47)50-26-15-27-52-49-21-8-7-16-42(49)32-37-54(50)52/h1-41H. The Hall–Kier alpha value is -8.30. The van der Waals surface area contributed by atoms with Crippen LogP contribution in [0.3, 0.4) is 0 Å². The molecule has 12 aromatic carbocycles. The van der Waals surface area contributed by atoms with Gasteiger partial charge in [-0.15, -0.1) is 11.3 Å². The summed E-state index contributed by atoms with van der Waals surface area (Å²) in [7, 11) is 0. The Morgan fingerprint density at radius 2 is 0.803 bits per heavy atom. The van der Waals surface area contributed by atoms with Gasteiger partial charge in [0, 0.05) is 37.1 Å². The van der Waals surface area contributed by atoms with Crippen LogP contribution in [0.4, 0.5) is 17.1 Å². The number of hydrogen-bond donors (Lipinski definition) is 0. The number of para-hydroxylation sites is 1. The van der Waals surface area contributed by atoms with Crippen molar-refractivity contribution in [3.63, 3.8) is 0 Å². The smallest absolute Gasteiger partial charge is 0.0540 e. The quantitative estimate of drug-likeness (QED) is 0.144. The maximum Gasteiger partial charge on any atom is 0.0540 e. The summed E-state index contributed by atoms with van der Waals surface area (Å²) >= 11 is 1.86. The second-order valence-corrected chi connectivity index (χ2v) is 18.2. The van der Waals surface area contributed by atoms with Crippen LogP contribution in [0.15, 0.2) is 249 Å². The maximum atomic E-state index is 2.46. The Morgan fingerprint density at radius 1 is 0.258 bits per heavy atom. The molecule has 0 aliphatic carbocycles. The van der Waals surface area contributed by atoms with Crippen molar-refractivity contribution in [1.29, 1.82) is 0 Å². The summed E-state index contributed by atoms with van der Waals surface area (Å²) in [6.45, 7) is 0. The molecule has 13 aromatic rings. The largest absolute Gasteiger partial charge is 0.310 e. The van der Waals surface area contributed by atoms with Gasteiger partial charge in [0.05, 0.1) is 5.69 Å². The van der Waals surface area contributed by atoms with Gasteiger partial charge in [0.15, 0.2) is 0 Å². The second-order valence-electron chi connectivity index (χ2n) is 17.2. The van der Waals surface area contributed by atoms with E-state index in [1.807, 2.05) is 11.3 Å². The molecule has 0 atom stereocenters. The molecule has 0 bridgehead atoms. The van der Waals surface area contributed by atoms with E-state index < -0.39 is 0 Å². The third-order valence-electron chi connectivity index (χ3n) is 13.4. The summed E-state index contributed by atoms with van der Waals surface area (Å²) in [5, 5.41) is 12.6. The third kappa shape index (κ3) is 6.30. The van der Waals surface area contributed by atoms with Crippen molar-refractivity contribution in [1.82, 2.24) is 0 Å². The molecule has 1 aromatic heterocycles. The van der Waals surface area contributed by atoms with Gasteiger partial charge in [-0.05, 0) is 131 Å². The SMILES string of the molecule is c1ccc(-c2c(-c3ccccc3)c3cc(-c4ccccc4N(c4ccc(-c5cccc6c5ccc5ccccc56)cc4)c4ccc5sc6ccccc6c5c4)ccc3c3ccccc23)cc1. The topological polar surface area (TPSA) is 3.24 Å². The summed E-state index contributed by atoms with van der Waals surface area (Å²) in [5.74, 6) is 0. The van der Waals surface area contributed by atoms with Crippen molar-refractivity contribution < 1.29 is 0 Å². The first kappa shape index (κ1) is 38.2. The van der Waals surface area contributed by atoms with Crippen LogP contribution in [0.25, 0.3) is 108 Å². The first-order valence-electron chi connectivity index (χ1n) is 22.7. The van der Waals surface area contributed by atoms with Gasteiger partial charge in [-0.2, -0.15) is 0 Å². The lowest BCUT2D eigenvalue weighted by atomic mass is 9.84. The highest BCUT2D eigenvalue weighted by molar-refractivity contribution is 7.25. The monoisotopic (exact) mass is 855 g/mol. The number of anilines is 3. The predicted molar refractivity (Wildman–Crippen MR) is 286 cm³/mol. The number of benzene rings is 12. The normalized spacial score (nSPS) is 11.6. The van der Waals surface area contributed by atoms with E-state index >= 15 is 0 Å². The molecule has 0 unspecified atom stereocenters. The molecule has 1 heterocycles. The minimum Gasteiger partial charge on any atom is -0.310 e. The third-order valence-corrected chi connectivity index (χ3v) is 14.6. The van der Waals surface area contributed by atoms with Crippen molar-refractivity contribution >= 4 is 91.7 Å². The number of fused-ring (bicyclic) bond motifs is 9. The van der Waals surface area contributed by atoms with Crippen LogP contribution in [0.2, 0.25) is 0 Å². The van der Waals surface area contributed by atoms with Gasteiger partial charge >= 0.3 is 0 Å². The molecule has 2 heteroatoms. The molecule has 13 rings (SSSR count). The van der Waals surface area contributed by atoms with Gasteiger partial charge in [0.2, 0.25) is 0 Å². The van der Waals surface area contributed by atoms with Crippen molar-refractivity contribution in [2.45, 2.75) is 0 Å². The van der Waals surface area contributed by atoms with E-state index in [1.54, 1.807) is 0 Å². The molecule has 0 saturated heterocycles. The molecule has 308 valence electrons. The highest BCUT2D eigenvalue weighted by Crippen LogP contribution is 2.48. The molecule has 0 fully saturated rings. The lowest BCUT2D eigenvalue weighted by molar-refractivity contribution is 1.29. The Bertz CT molecular complexity index is 3980. The summed E-state index contributed by atoms with van der Waals surface area (Å²) in [6, 6.07) is 91.6. The van der Waals surface area contributed by atoms with E-state index in [0.29, 0.717) is 0 Å². The van der Waals surface area contributed by atoms with E-state index in [4.69, 9.17) is 0 Å². The predicted octanol–water partition coefficient (Wildman–Crippen LogP) is 18.8. The van der Waals surface area contributed by atoms with Crippen LogP contribution in [0, 0.1) is 0 Å². The van der Waals surface area contributed by atoms with Crippen LogP contribution in [0.1, 0.15) is 0 Å². The Morgan fingerprint density at radius 3 is 1.61 bits per heavy atom. The lowest BCUT2D eigenvalue weighted by Gasteiger charge is -2.28. The fraction of sp³-hybridized carbons (Fsp3) is 0. The molecular weight excluding hydrogens is 815 g/mol. The van der Waals surface area contributed by atoms with Crippen LogP contribution in [0.5, 0.6) is 0 Å². The fourth-order valence-corrected chi connectivity index (χ4v) is 11.5. The van der Waals surface area contributed by atoms with E-state index in [1.165, 1.54) is 96.6 Å². The maximum absolute atomic E-state index is 2.46. The fourth-order valence-electron chi connectivity index (χ4n) is 10.4. The van der Waals surface area contributed by atoms with Crippen molar-refractivity contribution in [2.75, 3.05) is 4.90 Å². The molecule has 0 radical (unpaired) electrons. The van der Waals surface area contributed by atoms with Crippen molar-refractivity contribution in [3.05, 3.63) is 249 Å². The van der Waals surface area contributed by atoms with E-state index in [0.717, 1.165) is 28.2 Å². The minimum atomic E-state index is 1.10. The molecule has 0 saturated carbocycles. The zero-order valence-corrected chi connectivity index (χ0v) is 36.8. The zero-order chi connectivity index (χ0) is 43.6. The molecular formula is C64H41NS. The molecule has 0 N–H and O–H groups in total. The second kappa shape index (κ2) is 15.7. The highest BCUT2D eigenvalue weighted by Gasteiger charge is 2.22. The van der Waals surface area contributed by atoms with Gasteiger partial charge in [-0.3, -0.25) is 0 Å². The van der Waals surface area contributed by atoms with E-state index in [2.05, 4.69) is 254 Å². The van der Waals surface area contributed by atoms with Gasteiger partial charge in [-0.25, -0.2) is 0 Å². The Labute approximate surface area is 387 Å². The average Bonchev–Trinajstić information content (AvgIpc) is 3.77. The van der Waals surface area contributed by atoms with Gasteiger partial charge in [0.25, 0.3) is 0 Å². The minimum absolute atomic E-state index is 1.10. The molecule has 0 amide bonds. The van der Waals surface area contributed by atoms with Crippen LogP contribution >= 0.6 is 11.3 Å². The van der Waals surface area contributed by atoms with Crippen molar-refractivity contribution in [3.8, 4) is 44.5 Å². The highest BCUT2D eigenvalue weighted by atomic mass is 32.1. The Balaban J connectivity index is 1.03. The van der Waals surface area contributed by atoms with Crippen LogP contribution in [-0.4, -0.2) is 0 Å². The summed E-state index contributed by atoms with van der Waals surface area (Å²) < 4.78 is 2.59. The van der Waals surface area contributed by atoms with Gasteiger partial charge < -0.3 is 4.90 Å². The van der Waals surface area contributed by atoms with Gasteiger partial charge in [0.1, 0.15) is 0 Å². The number of rotatable bonds is 7. The average molecular weight is 856 g/mol. The molecule has 0 aliphatic heterocycles. The Kier molecular flexibility index (Phi) is 9.11. The van der Waals surface area contributed by atoms with E-state index in [-0.39, 0.29) is 0 Å². The van der Waals surface area contributed by atoms with E-state index in [9.17, 15) is 0 Å². The molecule has 0 aliphatic rings. The lowest BCUT2D eigenvalue weighted by Crippen LogP contribution is -2.11. The summed E-state index contributed by atoms with van der Waals surface area (Å²) in [4.78, 5) is 2.46. The van der Waals surface area contributed by atoms with Crippen molar-refractivity contribution in [2.24, 2.45) is 0 Å². The number of nitrogens with zero attached hydrogens (tertiary/aromatic N) is 1. The number of hydrogen-bond acceptors (Lipinski definition) is 2. The molecule has 1 nitrogen and oxygen atoms in total. The van der Waals surface area contributed by atoms with Crippen LogP contribution < -0.4 is 4.90 Å². The summed E-state index contributed by atoms with van der Waals surface area (Å²) in [6.07, 6.45) is 0. The molecule has 0 spiro atoms. The first-order chi connectivity index (χ1) is 32.7. The zero-order valence-electron chi connectivity index (χ0n) is 36.0. The molecule has 66 heavy (non-hydrogen) atoms. The number of thiophene rings is 1. The first-order valence-corrected chi connectivity index (χ1v) is 23.5. The van der Waals surface area contributed by atoms with Gasteiger partial charge in [-0.1, -0.05) is 200 Å². The summed E-state index contributed by atoms with van der Waals surface area (Å²) in [5.41, 5.74) is 13.0. The van der Waals surface area contributed by atoms with Crippen LogP contribution in [-0.2, 0) is 0 Å².